The summed E-state index contributed by atoms with van der Waals surface area (Å²) in [7, 11) is -2.02. The summed E-state index contributed by atoms with van der Waals surface area (Å²) in [5.41, 5.74) is -0.0182. The van der Waals surface area contributed by atoms with Gasteiger partial charge in [0.15, 0.2) is 0 Å². The number of thioether (sulfide) groups is 1. The van der Waals surface area contributed by atoms with Crippen LogP contribution >= 0.6 is 11.8 Å². The summed E-state index contributed by atoms with van der Waals surface area (Å²) in [6.07, 6.45) is 0.882. The Hall–Kier alpha value is -1.48. The molecule has 7 nitrogen and oxygen atoms in total. The molecule has 1 unspecified atom stereocenters. The predicted octanol–water partition coefficient (Wildman–Crippen LogP) is 0.800. The average molecular weight is 316 g/mol. The highest BCUT2D eigenvalue weighted by Gasteiger charge is 2.53. The van der Waals surface area contributed by atoms with Crippen LogP contribution in [0.2, 0.25) is 19.6 Å². The second kappa shape index (κ2) is 5.13. The van der Waals surface area contributed by atoms with Crippen molar-refractivity contribution in [2.24, 2.45) is 0 Å². The molecule has 2 aliphatic rings. The van der Waals surface area contributed by atoms with E-state index in [1.54, 1.807) is 0 Å². The van der Waals surface area contributed by atoms with Crippen molar-refractivity contribution in [2.45, 2.75) is 31.1 Å². The number of hydrogen-bond donors (Lipinski definition) is 2. The number of amides is 2. The summed E-state index contributed by atoms with van der Waals surface area (Å²) >= 11 is 1.41. The summed E-state index contributed by atoms with van der Waals surface area (Å²) in [4.78, 5) is 35.9. The smallest absolute Gasteiger partial charge is 0.394 e. The zero-order valence-electron chi connectivity index (χ0n) is 11.4. The number of rotatable bonds is 3. The monoisotopic (exact) mass is 316 g/mol. The van der Waals surface area contributed by atoms with Crippen LogP contribution in [0.25, 0.3) is 0 Å². The maximum atomic E-state index is 12.0. The van der Waals surface area contributed by atoms with Crippen molar-refractivity contribution < 1.29 is 23.9 Å². The van der Waals surface area contributed by atoms with Crippen molar-refractivity contribution >= 4 is 38.0 Å². The Bertz CT molecular complexity index is 502. The number of hydrogen-bond acceptors (Lipinski definition) is 5. The van der Waals surface area contributed by atoms with Crippen molar-refractivity contribution in [3.05, 3.63) is 11.8 Å². The first-order valence-electron chi connectivity index (χ1n) is 6.08. The molecule has 9 heteroatoms. The number of carbonyl (C=O) groups is 3. The fraction of sp³-hybridized carbons (Fsp3) is 0.545. The number of nitrogens with zero attached hydrogens (tertiary/aromatic N) is 1. The molecule has 0 spiro atoms. The van der Waals surface area contributed by atoms with Gasteiger partial charge < -0.3 is 14.8 Å². The van der Waals surface area contributed by atoms with Crippen LogP contribution in [-0.2, 0) is 14.0 Å². The Balaban J connectivity index is 2.01. The third-order valence-corrected chi connectivity index (χ3v) is 4.72. The maximum Gasteiger partial charge on any atom is 0.394 e. The second-order valence-electron chi connectivity index (χ2n) is 5.45. The first-order valence-corrected chi connectivity index (χ1v) is 10.5. The van der Waals surface area contributed by atoms with Gasteiger partial charge in [0.1, 0.15) is 17.1 Å². The number of carboxylic acid groups (broad SMARTS) is 1. The minimum absolute atomic E-state index is 0.0182. The number of fused-ring (bicyclic) bond motifs is 1. The quantitative estimate of drug-likeness (QED) is 0.590. The largest absolute Gasteiger partial charge is 0.504 e. The van der Waals surface area contributed by atoms with E-state index in [1.165, 1.54) is 22.7 Å². The molecule has 2 amide bonds. The van der Waals surface area contributed by atoms with Crippen molar-refractivity contribution in [1.29, 1.82) is 0 Å². The van der Waals surface area contributed by atoms with Gasteiger partial charge in [0.2, 0.25) is 8.32 Å². The average Bonchev–Trinajstić information content (AvgIpc) is 2.32. The van der Waals surface area contributed by atoms with E-state index in [0.29, 0.717) is 5.75 Å². The maximum absolute atomic E-state index is 12.0. The van der Waals surface area contributed by atoms with E-state index in [0.717, 1.165) is 0 Å². The molecule has 2 heterocycles. The molecule has 0 aromatic heterocycles. The van der Waals surface area contributed by atoms with Gasteiger partial charge in [-0.1, -0.05) is 0 Å². The SMILES string of the molecule is C[Si](C)(C)OC(=O)NC1C(=O)N2C(C(=O)O)=CCS[C@H]12. The van der Waals surface area contributed by atoms with Crippen LogP contribution in [0.5, 0.6) is 0 Å². The van der Waals surface area contributed by atoms with Gasteiger partial charge in [0.25, 0.3) is 5.91 Å². The van der Waals surface area contributed by atoms with Gasteiger partial charge in [-0.2, -0.15) is 0 Å². The summed E-state index contributed by atoms with van der Waals surface area (Å²) in [5, 5.41) is 11.2. The fourth-order valence-electron chi connectivity index (χ4n) is 1.97. The van der Waals surface area contributed by atoms with Crippen LogP contribution in [0.1, 0.15) is 0 Å². The van der Waals surface area contributed by atoms with Crippen LogP contribution in [-0.4, -0.2) is 53.5 Å². The minimum Gasteiger partial charge on any atom is -0.504 e. The van der Waals surface area contributed by atoms with Crippen molar-refractivity contribution in [3.8, 4) is 0 Å². The minimum atomic E-state index is -2.02. The third kappa shape index (κ3) is 2.83. The first-order chi connectivity index (χ1) is 9.20. The Labute approximate surface area is 121 Å². The molecule has 0 aromatic carbocycles. The molecule has 2 atom stereocenters. The lowest BCUT2D eigenvalue weighted by molar-refractivity contribution is -0.148. The van der Waals surface area contributed by atoms with E-state index in [2.05, 4.69) is 5.32 Å². The van der Waals surface area contributed by atoms with Crippen LogP contribution in [0.3, 0.4) is 0 Å². The standard InChI is InChI=1S/C11H16N2O5SSi/c1-20(2,3)18-11(17)12-7-8(14)13-6(10(15)16)4-5-19-9(7)13/h4,7,9H,5H2,1-3H3,(H,12,17)(H,15,16)/t7?,9-/m1/s1. The molecule has 2 aliphatic heterocycles. The zero-order chi connectivity index (χ0) is 15.1. The molecule has 2 N–H and O–H groups in total. The summed E-state index contributed by atoms with van der Waals surface area (Å²) < 4.78 is 5.22. The molecule has 1 saturated heterocycles. The Morgan fingerprint density at radius 3 is 2.70 bits per heavy atom. The van der Waals surface area contributed by atoms with Crippen LogP contribution < -0.4 is 5.32 Å². The molecule has 2 rings (SSSR count). The molecule has 0 radical (unpaired) electrons. The lowest BCUT2D eigenvalue weighted by Crippen LogP contribution is -2.70. The molecule has 0 saturated carbocycles. The molecule has 20 heavy (non-hydrogen) atoms. The zero-order valence-corrected chi connectivity index (χ0v) is 13.2. The predicted molar refractivity (Wildman–Crippen MR) is 75.6 cm³/mol. The first kappa shape index (κ1) is 14.9. The molecule has 110 valence electrons. The van der Waals surface area contributed by atoms with Crippen LogP contribution in [0.15, 0.2) is 11.8 Å². The number of aliphatic carboxylic acids is 1. The number of carboxylic acids is 1. The molecule has 0 aliphatic carbocycles. The third-order valence-electron chi connectivity index (χ3n) is 2.74. The summed E-state index contributed by atoms with van der Waals surface area (Å²) in [5.74, 6) is -1.05. The highest BCUT2D eigenvalue weighted by Crippen LogP contribution is 2.37. The van der Waals surface area contributed by atoms with Gasteiger partial charge in [0.05, 0.1) is 0 Å². The van der Waals surface area contributed by atoms with Gasteiger partial charge in [0, 0.05) is 5.75 Å². The summed E-state index contributed by atoms with van der Waals surface area (Å²) in [6.45, 7) is 5.59. The van der Waals surface area contributed by atoms with Gasteiger partial charge in [-0.25, -0.2) is 9.59 Å². The van der Waals surface area contributed by atoms with Gasteiger partial charge in [-0.05, 0) is 25.7 Å². The molecule has 0 aromatic rings. The van der Waals surface area contributed by atoms with E-state index in [4.69, 9.17) is 9.53 Å². The lowest BCUT2D eigenvalue weighted by atomic mass is 10.1. The van der Waals surface area contributed by atoms with E-state index in [-0.39, 0.29) is 11.1 Å². The van der Waals surface area contributed by atoms with Crippen LogP contribution in [0.4, 0.5) is 4.79 Å². The van der Waals surface area contributed by atoms with Crippen LogP contribution in [0, 0.1) is 0 Å². The Morgan fingerprint density at radius 2 is 2.15 bits per heavy atom. The summed E-state index contributed by atoms with van der Waals surface area (Å²) in [6, 6.07) is -0.716. The number of carbonyl (C=O) groups excluding carboxylic acids is 2. The topological polar surface area (TPSA) is 95.9 Å². The molecular formula is C11H16N2O5SSi. The highest BCUT2D eigenvalue weighted by atomic mass is 32.2. The Kier molecular flexibility index (Phi) is 3.83. The lowest BCUT2D eigenvalue weighted by Gasteiger charge is -2.48. The molecule has 1 fully saturated rings. The van der Waals surface area contributed by atoms with E-state index in [1.807, 2.05) is 19.6 Å². The van der Waals surface area contributed by atoms with Crippen molar-refractivity contribution in [2.75, 3.05) is 5.75 Å². The number of β-lactam (4-membered cyclic amide) rings is 1. The van der Waals surface area contributed by atoms with Gasteiger partial charge in [-0.3, -0.25) is 9.69 Å². The highest BCUT2D eigenvalue weighted by molar-refractivity contribution is 8.00. The Morgan fingerprint density at radius 1 is 1.50 bits per heavy atom. The van der Waals surface area contributed by atoms with Gasteiger partial charge in [-0.15, -0.1) is 11.8 Å². The second-order valence-corrected chi connectivity index (χ2v) is 11.0. The fourth-order valence-corrected chi connectivity index (χ4v) is 3.78. The van der Waals surface area contributed by atoms with E-state index in [9.17, 15) is 14.4 Å². The molecular weight excluding hydrogens is 300 g/mol. The van der Waals surface area contributed by atoms with Gasteiger partial charge >= 0.3 is 12.1 Å². The van der Waals surface area contributed by atoms with E-state index < -0.39 is 32.3 Å². The number of nitrogens with one attached hydrogen (secondary N) is 1. The van der Waals surface area contributed by atoms with Crippen molar-refractivity contribution in [1.82, 2.24) is 10.2 Å². The van der Waals surface area contributed by atoms with E-state index >= 15 is 0 Å². The molecule has 0 bridgehead atoms. The normalized spacial score (nSPS) is 25.2. The van der Waals surface area contributed by atoms with Crippen molar-refractivity contribution in [3.63, 3.8) is 0 Å².